The fourth-order valence-electron chi connectivity index (χ4n) is 4.08. The van der Waals surface area contributed by atoms with Crippen molar-refractivity contribution in [2.75, 3.05) is 32.7 Å². The van der Waals surface area contributed by atoms with Crippen LogP contribution in [0.4, 0.5) is 0 Å². The minimum Gasteiger partial charge on any atom is -0.340 e. The number of amides is 2. The summed E-state index contributed by atoms with van der Waals surface area (Å²) in [6.07, 6.45) is 6.14. The molecule has 1 aliphatic heterocycles. The molecular formula is C21H31N3O2. The maximum absolute atomic E-state index is 13.2. The van der Waals surface area contributed by atoms with Crippen LogP contribution in [0.5, 0.6) is 0 Å². The molecule has 0 unspecified atom stereocenters. The van der Waals surface area contributed by atoms with Gasteiger partial charge in [0.05, 0.1) is 0 Å². The molecule has 1 saturated heterocycles. The molecule has 1 aliphatic carbocycles. The minimum absolute atomic E-state index is 0.0775. The van der Waals surface area contributed by atoms with Crippen molar-refractivity contribution in [3.05, 3.63) is 35.4 Å². The van der Waals surface area contributed by atoms with Crippen LogP contribution >= 0.6 is 0 Å². The molecule has 2 fully saturated rings. The zero-order valence-corrected chi connectivity index (χ0v) is 15.9. The fraction of sp³-hybridized carbons (Fsp3) is 0.619. The second-order valence-electron chi connectivity index (χ2n) is 7.54. The van der Waals surface area contributed by atoms with Crippen LogP contribution in [-0.4, -0.2) is 60.4 Å². The molecular weight excluding hydrogens is 326 g/mol. The van der Waals surface area contributed by atoms with Gasteiger partial charge in [0.1, 0.15) is 0 Å². The Morgan fingerprint density at radius 3 is 2.58 bits per heavy atom. The summed E-state index contributed by atoms with van der Waals surface area (Å²) >= 11 is 0. The van der Waals surface area contributed by atoms with Gasteiger partial charge in [0.2, 0.25) is 5.91 Å². The smallest absolute Gasteiger partial charge is 0.254 e. The van der Waals surface area contributed by atoms with Gasteiger partial charge in [-0.25, -0.2) is 0 Å². The Hall–Kier alpha value is -1.88. The van der Waals surface area contributed by atoms with Crippen LogP contribution in [0.15, 0.2) is 24.3 Å². The van der Waals surface area contributed by atoms with E-state index in [9.17, 15) is 9.59 Å². The lowest BCUT2D eigenvalue weighted by molar-refractivity contribution is -0.132. The first-order valence-corrected chi connectivity index (χ1v) is 10.0. The van der Waals surface area contributed by atoms with Crippen LogP contribution in [0.3, 0.4) is 0 Å². The average Bonchev–Trinajstić information content (AvgIpc) is 2.69. The Labute approximate surface area is 156 Å². The van der Waals surface area contributed by atoms with Gasteiger partial charge >= 0.3 is 0 Å². The summed E-state index contributed by atoms with van der Waals surface area (Å²) in [7, 11) is 0. The summed E-state index contributed by atoms with van der Waals surface area (Å²) in [4.78, 5) is 29.6. The molecule has 142 valence electrons. The van der Waals surface area contributed by atoms with Crippen molar-refractivity contribution >= 4 is 11.8 Å². The van der Waals surface area contributed by atoms with E-state index in [0.717, 1.165) is 50.1 Å². The molecule has 1 N–H and O–H groups in total. The lowest BCUT2D eigenvalue weighted by atomic mass is 9.93. The molecule has 1 aromatic rings. The highest BCUT2D eigenvalue weighted by atomic mass is 16.2. The maximum Gasteiger partial charge on any atom is 0.254 e. The lowest BCUT2D eigenvalue weighted by Gasteiger charge is -2.35. The van der Waals surface area contributed by atoms with E-state index in [2.05, 4.69) is 5.32 Å². The molecule has 1 saturated carbocycles. The zero-order valence-electron chi connectivity index (χ0n) is 15.9. The van der Waals surface area contributed by atoms with E-state index in [1.807, 2.05) is 41.0 Å². The van der Waals surface area contributed by atoms with E-state index in [1.54, 1.807) is 0 Å². The van der Waals surface area contributed by atoms with Crippen molar-refractivity contribution in [2.45, 2.75) is 51.5 Å². The number of hydrogen-bond acceptors (Lipinski definition) is 3. The monoisotopic (exact) mass is 357 g/mol. The number of aryl methyl sites for hydroxylation is 1. The van der Waals surface area contributed by atoms with E-state index in [1.165, 1.54) is 19.3 Å². The molecule has 0 bridgehead atoms. The summed E-state index contributed by atoms with van der Waals surface area (Å²) in [6, 6.07) is 8.07. The highest BCUT2D eigenvalue weighted by Gasteiger charge is 2.27. The third-order valence-corrected chi connectivity index (χ3v) is 5.58. The van der Waals surface area contributed by atoms with E-state index < -0.39 is 0 Å². The number of benzene rings is 1. The van der Waals surface area contributed by atoms with Gasteiger partial charge in [-0.3, -0.25) is 9.59 Å². The standard InChI is InChI=1S/C21H31N3O2/c1-17-6-5-7-18(16-17)21(26)24(19-8-3-2-4-9-19)13-10-20(25)23-14-11-22-12-15-23/h5-7,16,19,22H,2-4,8-15H2,1H3. The van der Waals surface area contributed by atoms with Crippen molar-refractivity contribution < 1.29 is 9.59 Å². The topological polar surface area (TPSA) is 52.7 Å². The van der Waals surface area contributed by atoms with Crippen LogP contribution in [0.25, 0.3) is 0 Å². The number of carbonyl (C=O) groups is 2. The lowest BCUT2D eigenvalue weighted by Crippen LogP contribution is -2.48. The molecule has 5 heteroatoms. The Balaban J connectivity index is 1.68. The predicted molar refractivity (Wildman–Crippen MR) is 103 cm³/mol. The Morgan fingerprint density at radius 1 is 1.15 bits per heavy atom. The molecule has 5 nitrogen and oxygen atoms in total. The Bertz CT molecular complexity index is 619. The number of nitrogens with zero attached hydrogens (tertiary/aromatic N) is 2. The van der Waals surface area contributed by atoms with Crippen molar-refractivity contribution in [1.82, 2.24) is 15.1 Å². The summed E-state index contributed by atoms with van der Waals surface area (Å²) in [5.74, 6) is 0.248. The van der Waals surface area contributed by atoms with Gasteiger partial charge in [-0.15, -0.1) is 0 Å². The third-order valence-electron chi connectivity index (χ3n) is 5.58. The van der Waals surface area contributed by atoms with E-state index in [-0.39, 0.29) is 17.9 Å². The average molecular weight is 357 g/mol. The molecule has 0 spiro atoms. The van der Waals surface area contributed by atoms with Crippen LogP contribution in [0.1, 0.15) is 54.4 Å². The molecule has 2 amide bonds. The van der Waals surface area contributed by atoms with Crippen molar-refractivity contribution in [3.63, 3.8) is 0 Å². The molecule has 0 radical (unpaired) electrons. The van der Waals surface area contributed by atoms with E-state index >= 15 is 0 Å². The second-order valence-corrected chi connectivity index (χ2v) is 7.54. The number of carbonyl (C=O) groups excluding carboxylic acids is 2. The Morgan fingerprint density at radius 2 is 1.88 bits per heavy atom. The molecule has 1 heterocycles. The SMILES string of the molecule is Cc1cccc(C(=O)N(CCC(=O)N2CCNCC2)C2CCCCC2)c1. The van der Waals surface area contributed by atoms with Crippen LogP contribution in [0.2, 0.25) is 0 Å². The Kier molecular flexibility index (Phi) is 6.67. The first-order valence-electron chi connectivity index (χ1n) is 10.0. The molecule has 0 atom stereocenters. The quantitative estimate of drug-likeness (QED) is 0.881. The third kappa shape index (κ3) is 4.85. The van der Waals surface area contributed by atoms with Crippen molar-refractivity contribution in [1.29, 1.82) is 0 Å². The fourth-order valence-corrected chi connectivity index (χ4v) is 4.08. The highest BCUT2D eigenvalue weighted by molar-refractivity contribution is 5.95. The van der Waals surface area contributed by atoms with Crippen molar-refractivity contribution in [2.24, 2.45) is 0 Å². The number of rotatable bonds is 5. The second kappa shape index (κ2) is 9.17. The minimum atomic E-state index is 0.0775. The summed E-state index contributed by atoms with van der Waals surface area (Å²) in [5, 5.41) is 3.27. The van der Waals surface area contributed by atoms with Gasteiger partial charge in [-0.1, -0.05) is 37.0 Å². The molecule has 3 rings (SSSR count). The normalized spacial score (nSPS) is 18.6. The van der Waals surface area contributed by atoms with Gasteiger partial charge in [-0.2, -0.15) is 0 Å². The van der Waals surface area contributed by atoms with Gasteiger partial charge in [0.25, 0.3) is 5.91 Å². The molecule has 1 aromatic carbocycles. The van der Waals surface area contributed by atoms with E-state index in [0.29, 0.717) is 13.0 Å². The summed E-state index contributed by atoms with van der Waals surface area (Å²) < 4.78 is 0. The van der Waals surface area contributed by atoms with Crippen LogP contribution in [-0.2, 0) is 4.79 Å². The van der Waals surface area contributed by atoms with Crippen LogP contribution in [0, 0.1) is 6.92 Å². The zero-order chi connectivity index (χ0) is 18.4. The van der Waals surface area contributed by atoms with Gasteiger partial charge < -0.3 is 15.1 Å². The molecule has 26 heavy (non-hydrogen) atoms. The number of hydrogen-bond donors (Lipinski definition) is 1. The van der Waals surface area contributed by atoms with E-state index in [4.69, 9.17) is 0 Å². The first-order chi connectivity index (χ1) is 12.6. The molecule has 2 aliphatic rings. The largest absolute Gasteiger partial charge is 0.340 e. The van der Waals surface area contributed by atoms with Gasteiger partial charge in [-0.05, 0) is 31.9 Å². The van der Waals surface area contributed by atoms with Gasteiger partial charge in [0.15, 0.2) is 0 Å². The summed E-state index contributed by atoms with van der Waals surface area (Å²) in [5.41, 5.74) is 1.83. The number of piperazine rings is 1. The van der Waals surface area contributed by atoms with Crippen molar-refractivity contribution in [3.8, 4) is 0 Å². The predicted octanol–water partition coefficient (Wildman–Crippen LogP) is 2.59. The first kappa shape index (κ1) is 18.9. The highest BCUT2D eigenvalue weighted by Crippen LogP contribution is 2.24. The summed E-state index contributed by atoms with van der Waals surface area (Å²) in [6.45, 7) is 5.80. The maximum atomic E-state index is 13.2. The van der Waals surface area contributed by atoms with Gasteiger partial charge in [0, 0.05) is 50.7 Å². The molecule has 0 aromatic heterocycles. The number of nitrogens with one attached hydrogen (secondary N) is 1. The van der Waals surface area contributed by atoms with Crippen LogP contribution < -0.4 is 5.32 Å².